The summed E-state index contributed by atoms with van der Waals surface area (Å²) >= 11 is 3.43. The number of aromatic nitrogens is 6. The number of benzene rings is 1. The summed E-state index contributed by atoms with van der Waals surface area (Å²) in [7, 11) is 0. The lowest BCUT2D eigenvalue weighted by molar-refractivity contribution is -0.0239. The van der Waals surface area contributed by atoms with Crippen LogP contribution >= 0.6 is 22.9 Å². The molecular weight excluding hydrogens is 1430 g/mol. The quantitative estimate of drug-likeness (QED) is 0.126. The van der Waals surface area contributed by atoms with E-state index in [0.717, 1.165) is 145 Å². The molecule has 0 aliphatic heterocycles. The summed E-state index contributed by atoms with van der Waals surface area (Å²) < 4.78 is 22.4. The minimum absolute atomic E-state index is 0.112. The number of oxazole rings is 1. The van der Waals surface area contributed by atoms with Gasteiger partial charge in [0.2, 0.25) is 0 Å². The Balaban J connectivity index is 0.0000000949. The van der Waals surface area contributed by atoms with E-state index < -0.39 is 0 Å². The Morgan fingerprint density at radius 2 is 0.814 bits per heavy atom. The van der Waals surface area contributed by atoms with Gasteiger partial charge in [0, 0.05) is 29.2 Å². The van der Waals surface area contributed by atoms with Crippen LogP contribution in [0.3, 0.4) is 0 Å². The highest BCUT2D eigenvalue weighted by atomic mass is 32.1. The average molecular weight is 1560 g/mol. The molecule has 4 N–H and O–H groups in total. The highest BCUT2D eigenvalue weighted by Crippen LogP contribution is 2.72. The Labute approximate surface area is 677 Å². The van der Waals surface area contributed by atoms with Crippen molar-refractivity contribution in [1.82, 2.24) is 27.7 Å². The van der Waals surface area contributed by atoms with Crippen LogP contribution in [-0.2, 0) is 0 Å². The first-order valence-corrected chi connectivity index (χ1v) is 46.2. The van der Waals surface area contributed by atoms with Crippen molar-refractivity contribution < 1.29 is 29.4 Å². The largest absolute Gasteiger partial charge is 0.432 e. The predicted octanol–water partition coefficient (Wildman–Crippen LogP) is 23.4. The summed E-state index contributed by atoms with van der Waals surface area (Å²) in [5, 5.41) is 44.3. The lowest BCUT2D eigenvalue weighted by atomic mass is 9.47. The molecule has 0 amide bonds. The van der Waals surface area contributed by atoms with Crippen LogP contribution in [0.5, 0.6) is 0 Å². The fourth-order valence-electron chi connectivity index (χ4n) is 30.4. The van der Waals surface area contributed by atoms with Gasteiger partial charge in [-0.3, -0.25) is 8.80 Å². The van der Waals surface area contributed by atoms with Gasteiger partial charge in [-0.05, 0) is 346 Å². The topological polar surface area (TPSA) is 159 Å². The molecule has 0 radical (unpaired) electrons. The van der Waals surface area contributed by atoms with E-state index in [2.05, 4.69) is 177 Å². The van der Waals surface area contributed by atoms with Crippen LogP contribution in [0.1, 0.15) is 257 Å². The zero-order valence-electron chi connectivity index (χ0n) is 68.3. The van der Waals surface area contributed by atoms with Crippen molar-refractivity contribution in [1.29, 1.82) is 0 Å². The molecule has 8 fully saturated rings. The number of nitrogens with zero attached hydrogens (tertiary/aromatic N) is 6. The maximum atomic E-state index is 10.2. The van der Waals surface area contributed by atoms with Crippen LogP contribution in [0.4, 0.5) is 0 Å². The molecule has 113 heavy (non-hydrogen) atoms. The second kappa shape index (κ2) is 27.1. The lowest BCUT2D eigenvalue weighted by Gasteiger charge is -2.57. The number of aliphatic hydroxyl groups is 4. The standard InChI is InChI=1S/C26H31NOS.C25H31NO2.C24H30N2O2.C24H30N2OS/c1-25-13-11-17(28)15-16(25)7-8-18-20-9-10-22(26(20,2)14-12-21(18)25)24-19-5-3-4-6-23(19)27-29-24;1-24-12-9-18(27)15-16(24)3-5-19-20-6-7-22(25(20,2)13-10-21(19)24)23-8-4-17-11-14-28-26(17)23;2*1-23-9-7-16(27)13-15(23)3-4-17-18-5-6-20(24(18,2)10-8-19(17)23)21-14-25-22-26(21)11-12-28-22/h3-7,10,17-18,20-21,28H,8-9,11-15H2,1-2H3;3-4,7-8,11,14,18-21,27H,5-6,9-10,12-13,15H2,1-2H3;2*3,6,11-12,14,16-19,27H,4-5,7-10,13H2,1-2H3/t17-,18?,20?,21?,25-,26-;18-,19?,20?,21?,24-,25-;2*16-,17?,18?,19?,23-,24-/m0000/s1. The molecule has 24 rings (SSSR count). The van der Waals surface area contributed by atoms with Crippen molar-refractivity contribution in [3.05, 3.63) is 178 Å². The number of aliphatic hydroxyl groups excluding tert-OH is 4. The molecule has 24 atom stereocenters. The SMILES string of the molecule is C[C@]12CC[C@H](O)CC1=CCC1C2CC[C@]2(C)C(c3ccc4ccon34)=CCC12.C[C@]12CC[C@H](O)CC1=CCC1C2CC[C@]2(C)C(c3cnc4occn34)=CCC12.C[C@]12CC[C@H](O)CC1=CCC1C2CC[C@]2(C)C(c3cnc4sccn34)=CCC12.C[C@]12CC[C@H](O)CC1=CCC1C2CC[C@]2(C)C(c3snc4ccccc34)=CCC12. The summed E-state index contributed by atoms with van der Waals surface area (Å²) in [6, 6.07) is 15.1. The normalized spacial score (nSPS) is 42.2. The number of imidazole rings is 2. The molecule has 0 bridgehead atoms. The summed E-state index contributed by atoms with van der Waals surface area (Å²) in [5.41, 5.74) is 20.7. The maximum absolute atomic E-state index is 10.2. The fraction of sp³-hybridized carbons (Fsp3) is 0.606. The van der Waals surface area contributed by atoms with Crippen LogP contribution in [0, 0.1) is 114 Å². The van der Waals surface area contributed by atoms with Gasteiger partial charge in [0.25, 0.3) is 0 Å². The van der Waals surface area contributed by atoms with Crippen molar-refractivity contribution in [3.63, 3.8) is 0 Å². The van der Waals surface area contributed by atoms with Gasteiger partial charge in [-0.1, -0.05) is 144 Å². The minimum Gasteiger partial charge on any atom is -0.432 e. The highest BCUT2D eigenvalue weighted by molar-refractivity contribution is 7.15. The summed E-state index contributed by atoms with van der Waals surface area (Å²) in [6.07, 6.45) is 63.7. The number of thiazole rings is 1. The van der Waals surface area contributed by atoms with E-state index in [9.17, 15) is 20.4 Å². The zero-order chi connectivity index (χ0) is 77.1. The first-order valence-electron chi connectivity index (χ1n) is 44.6. The average Bonchev–Trinajstić information content (AvgIpc) is 1.66. The van der Waals surface area contributed by atoms with Gasteiger partial charge in [-0.2, -0.15) is 8.95 Å². The van der Waals surface area contributed by atoms with Gasteiger partial charge in [-0.25, -0.2) is 9.97 Å². The van der Waals surface area contributed by atoms with Crippen molar-refractivity contribution in [2.45, 2.75) is 260 Å². The van der Waals surface area contributed by atoms with E-state index >= 15 is 0 Å². The third kappa shape index (κ3) is 11.2. The van der Waals surface area contributed by atoms with Crippen molar-refractivity contribution in [3.8, 4) is 0 Å². The van der Waals surface area contributed by atoms with E-state index in [1.54, 1.807) is 68.8 Å². The third-order valence-corrected chi connectivity index (χ3v) is 38.3. The highest BCUT2D eigenvalue weighted by Gasteiger charge is 2.62. The second-order valence-corrected chi connectivity index (χ2v) is 42.8. The second-order valence-electron chi connectivity index (χ2n) is 41.1. The summed E-state index contributed by atoms with van der Waals surface area (Å²) in [5.74, 6) is 9.83. The van der Waals surface area contributed by atoms with Gasteiger partial charge in [-0.15, -0.1) is 11.3 Å². The molecule has 1 aromatic carbocycles. The molecule has 7 aromatic heterocycles. The van der Waals surface area contributed by atoms with E-state index in [1.165, 1.54) is 154 Å². The molecular formula is C99H122N6O6S2. The third-order valence-electron chi connectivity index (χ3n) is 36.7. The van der Waals surface area contributed by atoms with Gasteiger partial charge >= 0.3 is 5.84 Å². The minimum atomic E-state index is -0.122. The maximum Gasteiger partial charge on any atom is 0.306 e. The predicted molar refractivity (Wildman–Crippen MR) is 454 cm³/mol. The van der Waals surface area contributed by atoms with Crippen LogP contribution in [0.15, 0.2) is 165 Å². The Morgan fingerprint density at radius 1 is 0.398 bits per heavy atom. The number of allylic oxidation sites excluding steroid dienone is 12. The molecule has 12 unspecified atom stereocenters. The number of hydrogen-bond donors (Lipinski definition) is 4. The van der Waals surface area contributed by atoms with E-state index in [0.29, 0.717) is 33.4 Å². The molecule has 12 nitrogen and oxygen atoms in total. The molecule has 16 aliphatic carbocycles. The monoisotopic (exact) mass is 1550 g/mol. The van der Waals surface area contributed by atoms with Gasteiger partial charge in [0.05, 0.1) is 69.8 Å². The molecule has 8 aromatic rings. The number of hydrogen-bond acceptors (Lipinski definition) is 11. The fourth-order valence-corrected chi connectivity index (χ4v) is 32.1. The first-order chi connectivity index (χ1) is 54.5. The van der Waals surface area contributed by atoms with Crippen LogP contribution < -0.4 is 0 Å². The van der Waals surface area contributed by atoms with Crippen LogP contribution in [0.25, 0.3) is 49.5 Å². The molecule has 8 saturated carbocycles. The number of rotatable bonds is 4. The number of fused-ring (bicyclic) bond motifs is 24. The Kier molecular flexibility index (Phi) is 17.8. The van der Waals surface area contributed by atoms with Gasteiger partial charge in [0.1, 0.15) is 12.5 Å². The Bertz CT molecular complexity index is 4940. The Morgan fingerprint density at radius 3 is 1.29 bits per heavy atom. The summed E-state index contributed by atoms with van der Waals surface area (Å²) in [6.45, 7) is 20.1. The lowest BCUT2D eigenvalue weighted by Crippen LogP contribution is -2.49. The molecule has 16 aliphatic rings. The molecule has 7 heterocycles. The zero-order valence-corrected chi connectivity index (χ0v) is 70.0. The molecule has 14 heteroatoms. The van der Waals surface area contributed by atoms with Crippen molar-refractivity contribution in [2.24, 2.45) is 114 Å². The summed E-state index contributed by atoms with van der Waals surface area (Å²) in [4.78, 5) is 11.6. The van der Waals surface area contributed by atoms with Gasteiger partial charge in [0.15, 0.2) is 4.96 Å². The van der Waals surface area contributed by atoms with Crippen LogP contribution in [0.2, 0.25) is 0 Å². The molecule has 596 valence electrons. The Hall–Kier alpha value is -6.39. The molecule has 0 spiro atoms. The van der Waals surface area contributed by atoms with Crippen molar-refractivity contribution in [2.75, 3.05) is 0 Å². The van der Waals surface area contributed by atoms with Gasteiger partial charge < -0.3 is 29.4 Å². The smallest absolute Gasteiger partial charge is 0.306 e. The first kappa shape index (κ1) is 74.2. The van der Waals surface area contributed by atoms with E-state index in [1.807, 2.05) is 23.0 Å². The van der Waals surface area contributed by atoms with E-state index in [4.69, 9.17) is 13.3 Å². The van der Waals surface area contributed by atoms with E-state index in [-0.39, 0.29) is 46.1 Å². The van der Waals surface area contributed by atoms with Crippen molar-refractivity contribution >= 4 is 72.4 Å². The molecule has 0 saturated heterocycles. The van der Waals surface area contributed by atoms with Crippen LogP contribution in [-0.4, -0.2) is 72.6 Å².